The number of esters is 1. The third-order valence-electron chi connectivity index (χ3n) is 3.33. The van der Waals surface area contributed by atoms with Crippen molar-refractivity contribution in [2.75, 3.05) is 7.11 Å². The minimum absolute atomic E-state index is 0.00900. The van der Waals surface area contributed by atoms with Crippen molar-refractivity contribution in [1.82, 2.24) is 9.88 Å². The third kappa shape index (κ3) is 4.72. The number of carbonyl (C=O) groups is 3. The second kappa shape index (κ2) is 7.43. The van der Waals surface area contributed by atoms with Crippen LogP contribution in [0.5, 0.6) is 0 Å². The Morgan fingerprint density at radius 3 is 2.42 bits per heavy atom. The molecular formula is C19H22N2O5. The number of methoxy groups -OCH3 is 1. The molecule has 0 spiro atoms. The van der Waals surface area contributed by atoms with Crippen LogP contribution in [0.4, 0.5) is 4.79 Å². The van der Waals surface area contributed by atoms with Gasteiger partial charge in [-0.2, -0.15) is 0 Å². The maximum Gasteiger partial charge on any atom is 0.418 e. The summed E-state index contributed by atoms with van der Waals surface area (Å²) in [6.07, 6.45) is 2.61. The molecule has 0 fully saturated rings. The van der Waals surface area contributed by atoms with Crippen LogP contribution in [0.3, 0.4) is 0 Å². The van der Waals surface area contributed by atoms with Gasteiger partial charge in [0.15, 0.2) is 0 Å². The highest BCUT2D eigenvalue weighted by Gasteiger charge is 2.19. The average molecular weight is 358 g/mol. The van der Waals surface area contributed by atoms with Crippen molar-refractivity contribution in [2.45, 2.75) is 33.3 Å². The number of fused-ring (bicyclic) bond motifs is 1. The van der Waals surface area contributed by atoms with Crippen LogP contribution in [0.25, 0.3) is 17.0 Å². The van der Waals surface area contributed by atoms with Crippen molar-refractivity contribution >= 4 is 34.9 Å². The molecule has 0 aliphatic carbocycles. The Morgan fingerprint density at radius 1 is 1.15 bits per heavy atom. The summed E-state index contributed by atoms with van der Waals surface area (Å²) >= 11 is 0. The Hall–Kier alpha value is -3.09. The largest absolute Gasteiger partial charge is 0.464 e. The van der Waals surface area contributed by atoms with Crippen molar-refractivity contribution in [2.24, 2.45) is 0 Å². The molecular weight excluding hydrogens is 336 g/mol. The number of hydrogen-bond donors (Lipinski definition) is 1. The van der Waals surface area contributed by atoms with E-state index in [1.54, 1.807) is 45.2 Å². The number of nitrogens with zero attached hydrogens (tertiary/aromatic N) is 1. The predicted octanol–water partition coefficient (Wildman–Crippen LogP) is 3.07. The standard InChI is InChI=1S/C19H22N2O5/c1-12(22)20-15(17(23)25-5)10-13-6-7-14-8-9-21(16(14)11-13)18(24)26-19(2,3)4/h6-11H,1-5H3,(H,20,22)/b15-10-. The van der Waals surface area contributed by atoms with E-state index in [1.807, 2.05) is 6.07 Å². The SMILES string of the molecule is COC(=O)/C(=C/c1ccc2ccn(C(=O)OC(C)(C)C)c2c1)NC(C)=O. The summed E-state index contributed by atoms with van der Waals surface area (Å²) in [5, 5.41) is 3.28. The van der Waals surface area contributed by atoms with Gasteiger partial charge in [0.1, 0.15) is 11.3 Å². The molecule has 2 rings (SSSR count). The van der Waals surface area contributed by atoms with Crippen molar-refractivity contribution in [3.8, 4) is 0 Å². The molecule has 7 nitrogen and oxygen atoms in total. The van der Waals surface area contributed by atoms with Crippen molar-refractivity contribution in [3.05, 3.63) is 41.7 Å². The molecule has 7 heteroatoms. The first-order chi connectivity index (χ1) is 12.1. The van der Waals surface area contributed by atoms with E-state index in [-0.39, 0.29) is 11.6 Å². The molecule has 26 heavy (non-hydrogen) atoms. The number of ether oxygens (including phenoxy) is 2. The molecule has 1 amide bonds. The molecule has 2 aromatic rings. The Balaban J connectivity index is 2.45. The first kappa shape index (κ1) is 19.2. The average Bonchev–Trinajstić information content (AvgIpc) is 2.94. The van der Waals surface area contributed by atoms with E-state index in [0.29, 0.717) is 11.1 Å². The van der Waals surface area contributed by atoms with E-state index in [0.717, 1.165) is 5.39 Å². The fourth-order valence-corrected chi connectivity index (χ4v) is 2.32. The van der Waals surface area contributed by atoms with E-state index in [9.17, 15) is 14.4 Å². The zero-order chi connectivity index (χ0) is 19.5. The monoisotopic (exact) mass is 358 g/mol. The first-order valence-electron chi connectivity index (χ1n) is 8.03. The highest BCUT2D eigenvalue weighted by atomic mass is 16.6. The summed E-state index contributed by atoms with van der Waals surface area (Å²) in [6, 6.07) is 7.10. The molecule has 1 heterocycles. The van der Waals surface area contributed by atoms with Gasteiger partial charge < -0.3 is 14.8 Å². The first-order valence-corrected chi connectivity index (χ1v) is 8.03. The van der Waals surface area contributed by atoms with Gasteiger partial charge in [0.25, 0.3) is 0 Å². The zero-order valence-electron chi connectivity index (χ0n) is 15.5. The van der Waals surface area contributed by atoms with Crippen LogP contribution in [-0.4, -0.2) is 35.2 Å². The lowest BCUT2D eigenvalue weighted by atomic mass is 10.1. The number of hydrogen-bond acceptors (Lipinski definition) is 5. The molecule has 1 aromatic heterocycles. The van der Waals surface area contributed by atoms with Gasteiger partial charge in [-0.3, -0.25) is 9.36 Å². The van der Waals surface area contributed by atoms with Crippen LogP contribution >= 0.6 is 0 Å². The van der Waals surface area contributed by atoms with Crippen LogP contribution in [0.2, 0.25) is 0 Å². The van der Waals surface area contributed by atoms with Crippen LogP contribution in [-0.2, 0) is 19.1 Å². The highest BCUT2D eigenvalue weighted by molar-refractivity contribution is 5.98. The second-order valence-electron chi connectivity index (χ2n) is 6.72. The van der Waals surface area contributed by atoms with E-state index < -0.39 is 17.7 Å². The number of carbonyl (C=O) groups excluding carboxylic acids is 3. The number of amides is 1. The minimum Gasteiger partial charge on any atom is -0.464 e. The van der Waals surface area contributed by atoms with Crippen molar-refractivity contribution in [1.29, 1.82) is 0 Å². The molecule has 0 atom stereocenters. The Morgan fingerprint density at radius 2 is 1.85 bits per heavy atom. The van der Waals surface area contributed by atoms with Gasteiger partial charge in [-0.25, -0.2) is 9.59 Å². The normalized spacial score (nSPS) is 12.0. The summed E-state index contributed by atoms with van der Waals surface area (Å²) in [4.78, 5) is 35.5. The van der Waals surface area contributed by atoms with Gasteiger partial charge in [0.05, 0.1) is 12.6 Å². The Labute approximate surface area is 151 Å². The maximum atomic E-state index is 12.4. The summed E-state index contributed by atoms with van der Waals surface area (Å²) in [5.41, 5.74) is 0.638. The molecule has 0 aliphatic heterocycles. The molecule has 0 unspecified atom stereocenters. The Bertz CT molecular complexity index is 887. The lowest BCUT2D eigenvalue weighted by molar-refractivity contribution is -0.137. The summed E-state index contributed by atoms with van der Waals surface area (Å²) < 4.78 is 11.5. The number of benzene rings is 1. The molecule has 0 saturated carbocycles. The maximum absolute atomic E-state index is 12.4. The highest BCUT2D eigenvalue weighted by Crippen LogP contribution is 2.21. The van der Waals surface area contributed by atoms with Gasteiger partial charge in [-0.1, -0.05) is 12.1 Å². The second-order valence-corrected chi connectivity index (χ2v) is 6.72. The Kier molecular flexibility index (Phi) is 5.50. The zero-order valence-corrected chi connectivity index (χ0v) is 15.5. The number of aromatic nitrogens is 1. The lowest BCUT2D eigenvalue weighted by Gasteiger charge is -2.19. The lowest BCUT2D eigenvalue weighted by Crippen LogP contribution is -2.26. The van der Waals surface area contributed by atoms with Gasteiger partial charge in [0.2, 0.25) is 5.91 Å². The van der Waals surface area contributed by atoms with E-state index in [4.69, 9.17) is 4.74 Å². The fourth-order valence-electron chi connectivity index (χ4n) is 2.32. The topological polar surface area (TPSA) is 86.6 Å². The number of rotatable bonds is 3. The van der Waals surface area contributed by atoms with Crippen LogP contribution < -0.4 is 5.32 Å². The van der Waals surface area contributed by atoms with Crippen LogP contribution in [0, 0.1) is 0 Å². The molecule has 0 aliphatic rings. The fraction of sp³-hybridized carbons (Fsp3) is 0.316. The van der Waals surface area contributed by atoms with Crippen LogP contribution in [0.15, 0.2) is 36.2 Å². The van der Waals surface area contributed by atoms with Gasteiger partial charge in [0, 0.05) is 18.5 Å². The summed E-state index contributed by atoms with van der Waals surface area (Å²) in [6.45, 7) is 6.68. The smallest absolute Gasteiger partial charge is 0.418 e. The molecule has 138 valence electrons. The van der Waals surface area contributed by atoms with E-state index >= 15 is 0 Å². The molecule has 0 saturated heterocycles. The van der Waals surface area contributed by atoms with Crippen molar-refractivity contribution < 1.29 is 23.9 Å². The quantitative estimate of drug-likeness (QED) is 0.673. The van der Waals surface area contributed by atoms with Gasteiger partial charge >= 0.3 is 12.1 Å². The molecule has 1 N–H and O–H groups in total. The molecule has 0 bridgehead atoms. The molecule has 0 radical (unpaired) electrons. The van der Waals surface area contributed by atoms with E-state index in [1.165, 1.54) is 24.7 Å². The summed E-state index contributed by atoms with van der Waals surface area (Å²) in [7, 11) is 1.23. The van der Waals surface area contributed by atoms with E-state index in [2.05, 4.69) is 10.1 Å². The number of nitrogens with one attached hydrogen (secondary N) is 1. The predicted molar refractivity (Wildman–Crippen MR) is 97.4 cm³/mol. The minimum atomic E-state index is -0.664. The van der Waals surface area contributed by atoms with Crippen LogP contribution in [0.1, 0.15) is 33.3 Å². The summed E-state index contributed by atoms with van der Waals surface area (Å²) in [5.74, 6) is -1.05. The van der Waals surface area contributed by atoms with Crippen molar-refractivity contribution in [3.63, 3.8) is 0 Å². The van der Waals surface area contributed by atoms with Gasteiger partial charge in [-0.15, -0.1) is 0 Å². The van der Waals surface area contributed by atoms with Gasteiger partial charge in [-0.05, 0) is 44.5 Å². The third-order valence-corrected chi connectivity index (χ3v) is 3.33. The molecule has 1 aromatic carbocycles.